The first-order valence-corrected chi connectivity index (χ1v) is 6.03. The summed E-state index contributed by atoms with van der Waals surface area (Å²) in [6.07, 6.45) is 11.0. The summed E-state index contributed by atoms with van der Waals surface area (Å²) in [7, 11) is 0. The highest BCUT2D eigenvalue weighted by Gasteiger charge is 2.38. The summed E-state index contributed by atoms with van der Waals surface area (Å²) in [5.41, 5.74) is -0.807. The molecule has 0 radical (unpaired) electrons. The number of halogens is 1. The lowest BCUT2D eigenvalue weighted by atomic mass is 9.85. The predicted octanol–water partition coefficient (Wildman–Crippen LogP) is 4.02. The quantitative estimate of drug-likeness (QED) is 0.746. The molecule has 0 N–H and O–H groups in total. The molecular weight excluding hydrogens is 225 g/mol. The van der Waals surface area contributed by atoms with E-state index in [-0.39, 0.29) is 6.04 Å². The van der Waals surface area contributed by atoms with E-state index in [4.69, 9.17) is 0 Å². The maximum absolute atomic E-state index is 15.4. The first-order chi connectivity index (χ1) is 8.81. The number of nitrogens with zero attached hydrogens (tertiary/aromatic N) is 1. The van der Waals surface area contributed by atoms with Crippen molar-refractivity contribution in [3.05, 3.63) is 84.7 Å². The van der Waals surface area contributed by atoms with Gasteiger partial charge in [-0.15, -0.1) is 0 Å². The lowest BCUT2D eigenvalue weighted by Crippen LogP contribution is -2.30. The first-order valence-electron chi connectivity index (χ1n) is 6.03. The molecule has 1 aromatic carbocycles. The van der Waals surface area contributed by atoms with Crippen LogP contribution in [0.2, 0.25) is 0 Å². The van der Waals surface area contributed by atoms with Crippen LogP contribution < -0.4 is 0 Å². The Labute approximate surface area is 106 Å². The average Bonchev–Trinajstić information content (AvgIpc) is 2.94. The van der Waals surface area contributed by atoms with Gasteiger partial charge in [0.2, 0.25) is 0 Å². The van der Waals surface area contributed by atoms with E-state index in [2.05, 4.69) is 0 Å². The minimum Gasteiger partial charge on any atom is -0.344 e. The van der Waals surface area contributed by atoms with Crippen molar-refractivity contribution in [2.45, 2.75) is 11.7 Å². The normalized spacial score (nSPS) is 26.4. The van der Waals surface area contributed by atoms with Crippen molar-refractivity contribution >= 4 is 0 Å². The Hall–Kier alpha value is -2.09. The van der Waals surface area contributed by atoms with E-state index in [9.17, 15) is 0 Å². The molecule has 3 rings (SSSR count). The standard InChI is InChI=1S/C16H14FN/c17-16(14-8-2-1-3-9-14)11-5-4-10-15(16)18-12-6-7-13-18/h1-13,15H. The summed E-state index contributed by atoms with van der Waals surface area (Å²) in [5.74, 6) is 0. The zero-order chi connectivity index (χ0) is 12.4. The number of alkyl halides is 1. The number of allylic oxidation sites excluding steroid dienone is 4. The topological polar surface area (TPSA) is 4.93 Å². The van der Waals surface area contributed by atoms with Crippen LogP contribution in [-0.2, 0) is 5.67 Å². The highest BCUT2D eigenvalue weighted by molar-refractivity contribution is 5.35. The monoisotopic (exact) mass is 239 g/mol. The number of rotatable bonds is 2. The third kappa shape index (κ3) is 1.70. The van der Waals surface area contributed by atoms with Gasteiger partial charge in [-0.05, 0) is 23.8 Å². The summed E-state index contributed by atoms with van der Waals surface area (Å²) in [6, 6.07) is 12.8. The Kier molecular flexibility index (Phi) is 2.63. The fourth-order valence-electron chi connectivity index (χ4n) is 2.41. The molecule has 0 saturated heterocycles. The maximum atomic E-state index is 15.4. The molecule has 1 aliphatic rings. The summed E-state index contributed by atoms with van der Waals surface area (Å²) in [4.78, 5) is 0. The molecule has 2 unspecified atom stereocenters. The Balaban J connectivity index is 2.08. The summed E-state index contributed by atoms with van der Waals surface area (Å²) < 4.78 is 17.3. The summed E-state index contributed by atoms with van der Waals surface area (Å²) in [5, 5.41) is 0. The number of benzene rings is 1. The van der Waals surface area contributed by atoms with E-state index in [1.54, 1.807) is 12.2 Å². The maximum Gasteiger partial charge on any atom is 0.178 e. The van der Waals surface area contributed by atoms with E-state index >= 15 is 4.39 Å². The van der Waals surface area contributed by atoms with Crippen molar-refractivity contribution < 1.29 is 4.39 Å². The zero-order valence-electron chi connectivity index (χ0n) is 9.91. The predicted molar refractivity (Wildman–Crippen MR) is 71.0 cm³/mol. The van der Waals surface area contributed by atoms with Crippen LogP contribution in [0.3, 0.4) is 0 Å². The second-order valence-corrected chi connectivity index (χ2v) is 4.45. The van der Waals surface area contributed by atoms with Crippen molar-refractivity contribution in [1.29, 1.82) is 0 Å². The van der Waals surface area contributed by atoms with E-state index in [0.717, 1.165) is 0 Å². The van der Waals surface area contributed by atoms with Gasteiger partial charge < -0.3 is 4.57 Å². The third-order valence-electron chi connectivity index (χ3n) is 3.34. The zero-order valence-corrected chi connectivity index (χ0v) is 9.91. The van der Waals surface area contributed by atoms with E-state index < -0.39 is 5.67 Å². The van der Waals surface area contributed by atoms with Crippen LogP contribution >= 0.6 is 0 Å². The minimum atomic E-state index is -1.49. The lowest BCUT2D eigenvalue weighted by Gasteiger charge is -2.32. The minimum absolute atomic E-state index is 0.333. The number of hydrogen-bond acceptors (Lipinski definition) is 0. The van der Waals surface area contributed by atoms with Gasteiger partial charge in [0.1, 0.15) is 0 Å². The molecule has 2 atom stereocenters. The molecule has 18 heavy (non-hydrogen) atoms. The van der Waals surface area contributed by atoms with Crippen LogP contribution in [0.1, 0.15) is 11.6 Å². The highest BCUT2D eigenvalue weighted by Crippen LogP contribution is 2.41. The van der Waals surface area contributed by atoms with Crippen LogP contribution in [0.5, 0.6) is 0 Å². The van der Waals surface area contributed by atoms with Crippen molar-refractivity contribution in [3.8, 4) is 0 Å². The van der Waals surface area contributed by atoms with E-state index in [1.165, 1.54) is 0 Å². The molecule has 90 valence electrons. The molecule has 0 aliphatic heterocycles. The van der Waals surface area contributed by atoms with Crippen molar-refractivity contribution in [1.82, 2.24) is 4.57 Å². The summed E-state index contributed by atoms with van der Waals surface area (Å²) in [6.45, 7) is 0. The molecule has 0 fully saturated rings. The van der Waals surface area contributed by atoms with Crippen LogP contribution in [0.25, 0.3) is 0 Å². The summed E-state index contributed by atoms with van der Waals surface area (Å²) >= 11 is 0. The molecule has 1 heterocycles. The smallest absolute Gasteiger partial charge is 0.178 e. The van der Waals surface area contributed by atoms with Crippen molar-refractivity contribution in [2.24, 2.45) is 0 Å². The molecule has 1 nitrogen and oxygen atoms in total. The highest BCUT2D eigenvalue weighted by atomic mass is 19.1. The second kappa shape index (κ2) is 4.30. The molecular formula is C16H14FN. The Morgan fingerprint density at radius 3 is 2.39 bits per heavy atom. The number of aromatic nitrogens is 1. The van der Waals surface area contributed by atoms with Gasteiger partial charge in [-0.3, -0.25) is 0 Å². The van der Waals surface area contributed by atoms with Gasteiger partial charge in [-0.2, -0.15) is 0 Å². The van der Waals surface area contributed by atoms with Crippen LogP contribution in [0.4, 0.5) is 4.39 Å². The van der Waals surface area contributed by atoms with Gasteiger partial charge in [0.25, 0.3) is 0 Å². The Morgan fingerprint density at radius 1 is 0.944 bits per heavy atom. The van der Waals surface area contributed by atoms with Crippen LogP contribution in [-0.4, -0.2) is 4.57 Å². The van der Waals surface area contributed by atoms with Crippen LogP contribution in [0, 0.1) is 0 Å². The molecule has 2 heteroatoms. The fraction of sp³-hybridized carbons (Fsp3) is 0.125. The fourth-order valence-corrected chi connectivity index (χ4v) is 2.41. The molecule has 0 bridgehead atoms. The van der Waals surface area contributed by atoms with Gasteiger partial charge in [0.05, 0.1) is 6.04 Å². The molecule has 1 aliphatic carbocycles. The van der Waals surface area contributed by atoms with Crippen LogP contribution in [0.15, 0.2) is 79.2 Å². The lowest BCUT2D eigenvalue weighted by molar-refractivity contribution is 0.168. The van der Waals surface area contributed by atoms with E-state index in [0.29, 0.717) is 5.56 Å². The van der Waals surface area contributed by atoms with E-state index in [1.807, 2.05) is 71.6 Å². The first kappa shape index (κ1) is 11.0. The molecule has 0 amide bonds. The SMILES string of the molecule is FC1(c2ccccc2)C=CC=CC1n1cccc1. The molecule has 0 spiro atoms. The van der Waals surface area contributed by atoms with Gasteiger partial charge in [-0.1, -0.05) is 48.6 Å². The van der Waals surface area contributed by atoms with Crippen molar-refractivity contribution in [2.75, 3.05) is 0 Å². The third-order valence-corrected chi connectivity index (χ3v) is 3.34. The number of hydrogen-bond donors (Lipinski definition) is 0. The Morgan fingerprint density at radius 2 is 1.67 bits per heavy atom. The molecule has 0 saturated carbocycles. The second-order valence-electron chi connectivity index (χ2n) is 4.45. The van der Waals surface area contributed by atoms with Gasteiger partial charge in [0.15, 0.2) is 5.67 Å². The largest absolute Gasteiger partial charge is 0.344 e. The van der Waals surface area contributed by atoms with Crippen molar-refractivity contribution in [3.63, 3.8) is 0 Å². The molecule has 1 aromatic heterocycles. The Bertz CT molecular complexity index is 568. The van der Waals surface area contributed by atoms with Gasteiger partial charge in [-0.25, -0.2) is 4.39 Å². The molecule has 2 aromatic rings. The average molecular weight is 239 g/mol. The van der Waals surface area contributed by atoms with Gasteiger partial charge in [0, 0.05) is 12.4 Å². The van der Waals surface area contributed by atoms with Gasteiger partial charge >= 0.3 is 0 Å².